The van der Waals surface area contributed by atoms with Crippen LogP contribution in [0.1, 0.15) is 23.1 Å². The molecule has 0 amide bonds. The van der Waals surface area contributed by atoms with Gasteiger partial charge in [0.05, 0.1) is 11.3 Å². The van der Waals surface area contributed by atoms with Gasteiger partial charge in [0.15, 0.2) is 5.13 Å². The number of aryl methyl sites for hydroxylation is 1. The van der Waals surface area contributed by atoms with E-state index in [9.17, 15) is 5.11 Å². The fourth-order valence-electron chi connectivity index (χ4n) is 1.86. The van der Waals surface area contributed by atoms with Gasteiger partial charge in [-0.1, -0.05) is 0 Å². The summed E-state index contributed by atoms with van der Waals surface area (Å²) in [5, 5.41) is 18.8. The zero-order chi connectivity index (χ0) is 14.8. The van der Waals surface area contributed by atoms with E-state index in [1.807, 2.05) is 49.7 Å². The summed E-state index contributed by atoms with van der Waals surface area (Å²) in [6, 6.07) is 1.97. The van der Waals surface area contributed by atoms with E-state index in [4.69, 9.17) is 0 Å². The molecule has 1 unspecified atom stereocenters. The number of anilines is 1. The highest BCUT2D eigenvalue weighted by atomic mass is 32.1. The SMILES string of the molecule is Cc1nc(N(C)C)sc1CNCC(C)(O)c1ccsc1. The minimum atomic E-state index is -0.830. The zero-order valence-electron chi connectivity index (χ0n) is 12.3. The molecule has 6 heteroatoms. The molecule has 0 saturated carbocycles. The molecule has 0 aliphatic heterocycles. The number of thiophene rings is 1. The monoisotopic (exact) mass is 311 g/mol. The smallest absolute Gasteiger partial charge is 0.185 e. The van der Waals surface area contributed by atoms with E-state index < -0.39 is 5.60 Å². The number of aromatic nitrogens is 1. The third-order valence-electron chi connectivity index (χ3n) is 3.16. The van der Waals surface area contributed by atoms with Gasteiger partial charge >= 0.3 is 0 Å². The van der Waals surface area contributed by atoms with Crippen LogP contribution in [0.15, 0.2) is 16.8 Å². The predicted octanol–water partition coefficient (Wildman–Crippen LogP) is 2.58. The molecule has 2 aromatic heterocycles. The highest BCUT2D eigenvalue weighted by Gasteiger charge is 2.23. The van der Waals surface area contributed by atoms with Crippen molar-refractivity contribution >= 4 is 27.8 Å². The average Bonchev–Trinajstić information content (AvgIpc) is 2.99. The van der Waals surface area contributed by atoms with Crippen molar-refractivity contribution in [1.29, 1.82) is 0 Å². The molecular weight excluding hydrogens is 290 g/mol. The maximum atomic E-state index is 10.4. The van der Waals surface area contributed by atoms with Gasteiger partial charge in [0.25, 0.3) is 0 Å². The lowest BCUT2D eigenvalue weighted by Crippen LogP contribution is -2.34. The highest BCUT2D eigenvalue weighted by Crippen LogP contribution is 2.25. The first kappa shape index (κ1) is 15.4. The molecule has 0 aliphatic carbocycles. The highest BCUT2D eigenvalue weighted by molar-refractivity contribution is 7.15. The van der Waals surface area contributed by atoms with Crippen molar-refractivity contribution in [2.75, 3.05) is 25.5 Å². The zero-order valence-corrected chi connectivity index (χ0v) is 13.9. The summed E-state index contributed by atoms with van der Waals surface area (Å²) in [5.74, 6) is 0. The molecule has 0 bridgehead atoms. The Morgan fingerprint density at radius 1 is 1.45 bits per heavy atom. The van der Waals surface area contributed by atoms with Crippen LogP contribution in [0.5, 0.6) is 0 Å². The lowest BCUT2D eigenvalue weighted by Gasteiger charge is -2.22. The molecule has 1 atom stereocenters. The average molecular weight is 311 g/mol. The molecule has 0 spiro atoms. The standard InChI is InChI=1S/C14H21N3OS2/c1-10-12(20-13(16-10)17(3)4)7-15-9-14(2,18)11-5-6-19-8-11/h5-6,8,15,18H,7,9H2,1-4H3. The van der Waals surface area contributed by atoms with E-state index in [0.29, 0.717) is 6.54 Å². The molecular formula is C14H21N3OS2. The van der Waals surface area contributed by atoms with Crippen LogP contribution in [0.25, 0.3) is 0 Å². The summed E-state index contributed by atoms with van der Waals surface area (Å²) in [6.07, 6.45) is 0. The summed E-state index contributed by atoms with van der Waals surface area (Å²) in [4.78, 5) is 7.75. The summed E-state index contributed by atoms with van der Waals surface area (Å²) in [5.41, 5.74) is 1.19. The molecule has 20 heavy (non-hydrogen) atoms. The van der Waals surface area contributed by atoms with Gasteiger partial charge in [-0.3, -0.25) is 0 Å². The molecule has 2 rings (SSSR count). The van der Waals surface area contributed by atoms with Crippen molar-refractivity contribution in [3.63, 3.8) is 0 Å². The Bertz CT molecular complexity index is 547. The Morgan fingerprint density at radius 3 is 2.75 bits per heavy atom. The molecule has 2 heterocycles. The number of rotatable bonds is 6. The maximum Gasteiger partial charge on any atom is 0.185 e. The minimum absolute atomic E-state index is 0.526. The van der Waals surface area contributed by atoms with Gasteiger partial charge < -0.3 is 15.3 Å². The normalized spacial score (nSPS) is 14.2. The van der Waals surface area contributed by atoms with Crippen molar-refractivity contribution in [3.05, 3.63) is 33.0 Å². The van der Waals surface area contributed by atoms with Crippen molar-refractivity contribution in [1.82, 2.24) is 10.3 Å². The van der Waals surface area contributed by atoms with Gasteiger partial charge in [0.1, 0.15) is 0 Å². The van der Waals surface area contributed by atoms with Crippen LogP contribution in [-0.2, 0) is 12.1 Å². The van der Waals surface area contributed by atoms with E-state index >= 15 is 0 Å². The van der Waals surface area contributed by atoms with Crippen molar-refractivity contribution in [2.24, 2.45) is 0 Å². The van der Waals surface area contributed by atoms with Crippen LogP contribution in [0, 0.1) is 6.92 Å². The van der Waals surface area contributed by atoms with Crippen LogP contribution in [0.4, 0.5) is 5.13 Å². The molecule has 0 aliphatic rings. The lowest BCUT2D eigenvalue weighted by atomic mass is 9.99. The van der Waals surface area contributed by atoms with Crippen LogP contribution >= 0.6 is 22.7 Å². The quantitative estimate of drug-likeness (QED) is 0.861. The number of thiazole rings is 1. The van der Waals surface area contributed by atoms with Crippen molar-refractivity contribution in [3.8, 4) is 0 Å². The van der Waals surface area contributed by atoms with Crippen LogP contribution in [0.2, 0.25) is 0 Å². The van der Waals surface area contributed by atoms with E-state index in [-0.39, 0.29) is 0 Å². The fourth-order valence-corrected chi connectivity index (χ4v) is 3.60. The molecule has 0 aromatic carbocycles. The molecule has 2 aromatic rings. The Labute approximate surface area is 128 Å². The Kier molecular flexibility index (Phi) is 4.80. The molecule has 4 nitrogen and oxygen atoms in total. The number of hydrogen-bond acceptors (Lipinski definition) is 6. The van der Waals surface area contributed by atoms with E-state index in [2.05, 4.69) is 10.3 Å². The first-order chi connectivity index (χ1) is 9.40. The lowest BCUT2D eigenvalue weighted by molar-refractivity contribution is 0.0571. The van der Waals surface area contributed by atoms with Gasteiger partial charge in [0, 0.05) is 32.1 Å². The number of nitrogens with one attached hydrogen (secondary N) is 1. The number of aliphatic hydroxyl groups is 1. The largest absolute Gasteiger partial charge is 0.384 e. The van der Waals surface area contributed by atoms with Crippen molar-refractivity contribution in [2.45, 2.75) is 26.0 Å². The second-order valence-electron chi connectivity index (χ2n) is 5.29. The third-order valence-corrected chi connectivity index (χ3v) is 5.17. The maximum absolute atomic E-state index is 10.4. The van der Waals surface area contributed by atoms with Crippen LogP contribution in [-0.4, -0.2) is 30.7 Å². The summed E-state index contributed by atoms with van der Waals surface area (Å²) in [7, 11) is 3.99. The molecule has 2 N–H and O–H groups in total. The summed E-state index contributed by atoms with van der Waals surface area (Å²) < 4.78 is 0. The molecule has 0 radical (unpaired) electrons. The number of nitrogens with zero attached hydrogens (tertiary/aromatic N) is 2. The predicted molar refractivity (Wildman–Crippen MR) is 86.8 cm³/mol. The molecule has 0 fully saturated rings. The third kappa shape index (κ3) is 3.58. The van der Waals surface area contributed by atoms with E-state index in [1.54, 1.807) is 22.7 Å². The van der Waals surface area contributed by atoms with Gasteiger partial charge in [-0.2, -0.15) is 11.3 Å². The molecule has 110 valence electrons. The first-order valence-corrected chi connectivity index (χ1v) is 8.25. The topological polar surface area (TPSA) is 48.4 Å². The van der Waals surface area contributed by atoms with Gasteiger partial charge in [-0.05, 0) is 36.2 Å². The Balaban J connectivity index is 1.93. The van der Waals surface area contributed by atoms with Crippen molar-refractivity contribution < 1.29 is 5.11 Å². The van der Waals surface area contributed by atoms with E-state index in [1.165, 1.54) is 4.88 Å². The van der Waals surface area contributed by atoms with Gasteiger partial charge in [-0.25, -0.2) is 4.98 Å². The minimum Gasteiger partial charge on any atom is -0.384 e. The van der Waals surface area contributed by atoms with Gasteiger partial charge in [0.2, 0.25) is 0 Å². The fraction of sp³-hybridized carbons (Fsp3) is 0.500. The second kappa shape index (κ2) is 6.22. The van der Waals surface area contributed by atoms with E-state index in [0.717, 1.165) is 22.9 Å². The number of hydrogen-bond donors (Lipinski definition) is 2. The van der Waals surface area contributed by atoms with Crippen LogP contribution in [0.3, 0.4) is 0 Å². The van der Waals surface area contributed by atoms with Gasteiger partial charge in [-0.15, -0.1) is 11.3 Å². The Hall–Kier alpha value is -0.950. The summed E-state index contributed by atoms with van der Waals surface area (Å²) in [6.45, 7) is 5.13. The molecule has 0 saturated heterocycles. The Morgan fingerprint density at radius 2 is 2.20 bits per heavy atom. The first-order valence-electron chi connectivity index (χ1n) is 6.49. The summed E-state index contributed by atoms with van der Waals surface area (Å²) >= 11 is 3.29. The van der Waals surface area contributed by atoms with Crippen LogP contribution < -0.4 is 10.2 Å². The second-order valence-corrected chi connectivity index (χ2v) is 7.13.